The highest BCUT2D eigenvalue weighted by molar-refractivity contribution is 5.96. The fourth-order valence-corrected chi connectivity index (χ4v) is 2.60. The zero-order chi connectivity index (χ0) is 15.3. The Morgan fingerprint density at radius 2 is 2.14 bits per heavy atom. The lowest BCUT2D eigenvalue weighted by Crippen LogP contribution is -2.40. The average Bonchev–Trinajstić information content (AvgIpc) is 2.50. The summed E-state index contributed by atoms with van der Waals surface area (Å²) in [6.07, 6.45) is 3.61. The van der Waals surface area contributed by atoms with Gasteiger partial charge < -0.3 is 20.3 Å². The molecule has 114 valence electrons. The molecule has 1 aromatic rings. The summed E-state index contributed by atoms with van der Waals surface area (Å²) in [4.78, 5) is 12.6. The van der Waals surface area contributed by atoms with E-state index in [9.17, 15) is 9.90 Å². The summed E-state index contributed by atoms with van der Waals surface area (Å²) >= 11 is 0. The topological polar surface area (TPSA) is 78.8 Å². The Hall–Kier alpha value is -1.85. The Morgan fingerprint density at radius 3 is 2.71 bits per heavy atom. The summed E-state index contributed by atoms with van der Waals surface area (Å²) in [5, 5.41) is 21.7. The van der Waals surface area contributed by atoms with Crippen LogP contribution in [0.15, 0.2) is 30.9 Å². The molecule has 0 spiro atoms. The van der Waals surface area contributed by atoms with E-state index >= 15 is 0 Å². The summed E-state index contributed by atoms with van der Waals surface area (Å²) < 4.78 is 5.33. The minimum absolute atomic E-state index is 0.0456. The van der Waals surface area contributed by atoms with Gasteiger partial charge >= 0.3 is 0 Å². The van der Waals surface area contributed by atoms with Crippen molar-refractivity contribution in [3.63, 3.8) is 0 Å². The summed E-state index contributed by atoms with van der Waals surface area (Å²) in [5.41, 5.74) is 0.423. The lowest BCUT2D eigenvalue weighted by molar-refractivity contribution is -0.130. The SMILES string of the molecule is C=CCC1(C(=O)Nc2ccc(CO)cc2O)CCOCC1. The van der Waals surface area contributed by atoms with Crippen LogP contribution in [0.1, 0.15) is 24.8 Å². The molecule has 0 bridgehead atoms. The smallest absolute Gasteiger partial charge is 0.231 e. The average molecular weight is 291 g/mol. The lowest BCUT2D eigenvalue weighted by Gasteiger charge is -2.35. The minimum Gasteiger partial charge on any atom is -0.506 e. The number of carbonyl (C=O) groups excluding carboxylic acids is 1. The lowest BCUT2D eigenvalue weighted by atomic mass is 9.76. The number of nitrogens with one attached hydrogen (secondary N) is 1. The Kier molecular flexibility index (Phi) is 4.98. The van der Waals surface area contributed by atoms with Gasteiger partial charge in [0, 0.05) is 13.2 Å². The van der Waals surface area contributed by atoms with Gasteiger partial charge in [-0.3, -0.25) is 4.79 Å². The highest BCUT2D eigenvalue weighted by Crippen LogP contribution is 2.37. The molecule has 5 heteroatoms. The number of phenolic OH excluding ortho intramolecular Hbond substituents is 1. The van der Waals surface area contributed by atoms with Gasteiger partial charge in [-0.2, -0.15) is 0 Å². The van der Waals surface area contributed by atoms with Gasteiger partial charge in [0.25, 0.3) is 0 Å². The number of allylic oxidation sites excluding steroid dienone is 1. The molecule has 1 fully saturated rings. The molecule has 1 saturated heterocycles. The van der Waals surface area contributed by atoms with Crippen LogP contribution in [0.3, 0.4) is 0 Å². The second-order valence-electron chi connectivity index (χ2n) is 5.35. The highest BCUT2D eigenvalue weighted by atomic mass is 16.5. The number of amides is 1. The molecule has 1 amide bonds. The standard InChI is InChI=1S/C16H21NO4/c1-2-5-16(6-8-21-9-7-16)15(20)17-13-4-3-12(11-18)10-14(13)19/h2-4,10,18-19H,1,5-9,11H2,(H,17,20). The zero-order valence-electron chi connectivity index (χ0n) is 12.0. The van der Waals surface area contributed by atoms with E-state index in [2.05, 4.69) is 11.9 Å². The number of aromatic hydroxyl groups is 1. The first-order valence-corrected chi connectivity index (χ1v) is 7.04. The minimum atomic E-state index is -0.526. The largest absolute Gasteiger partial charge is 0.506 e. The van der Waals surface area contributed by atoms with Crippen LogP contribution < -0.4 is 5.32 Å². The van der Waals surface area contributed by atoms with Gasteiger partial charge in [-0.25, -0.2) is 0 Å². The van der Waals surface area contributed by atoms with Crippen molar-refractivity contribution < 1.29 is 19.7 Å². The van der Waals surface area contributed by atoms with Crippen molar-refractivity contribution in [2.24, 2.45) is 5.41 Å². The first-order valence-electron chi connectivity index (χ1n) is 7.04. The molecule has 0 radical (unpaired) electrons. The molecular weight excluding hydrogens is 270 g/mol. The van der Waals surface area contributed by atoms with Crippen molar-refractivity contribution in [2.45, 2.75) is 25.9 Å². The normalized spacial score (nSPS) is 17.2. The predicted molar refractivity (Wildman–Crippen MR) is 80.0 cm³/mol. The Morgan fingerprint density at radius 1 is 1.43 bits per heavy atom. The molecular formula is C16H21NO4. The fraction of sp³-hybridized carbons (Fsp3) is 0.438. The molecule has 1 aliphatic rings. The number of hydrogen-bond acceptors (Lipinski definition) is 4. The third-order valence-electron chi connectivity index (χ3n) is 3.96. The van der Waals surface area contributed by atoms with Gasteiger partial charge in [0.2, 0.25) is 5.91 Å². The number of phenols is 1. The van der Waals surface area contributed by atoms with E-state index in [1.807, 2.05) is 0 Å². The summed E-state index contributed by atoms with van der Waals surface area (Å²) in [5.74, 6) is -0.173. The number of aliphatic hydroxyl groups excluding tert-OH is 1. The third-order valence-corrected chi connectivity index (χ3v) is 3.96. The van der Waals surface area contributed by atoms with Gasteiger partial charge in [-0.05, 0) is 37.0 Å². The van der Waals surface area contributed by atoms with Crippen LogP contribution in [0.25, 0.3) is 0 Å². The van der Waals surface area contributed by atoms with Crippen LogP contribution in [0.2, 0.25) is 0 Å². The Balaban J connectivity index is 2.16. The van der Waals surface area contributed by atoms with Crippen molar-refractivity contribution in [3.05, 3.63) is 36.4 Å². The monoisotopic (exact) mass is 291 g/mol. The molecule has 3 N–H and O–H groups in total. The zero-order valence-corrected chi connectivity index (χ0v) is 12.0. The quantitative estimate of drug-likeness (QED) is 0.574. The van der Waals surface area contributed by atoms with Crippen LogP contribution in [0.4, 0.5) is 5.69 Å². The number of carbonyl (C=O) groups is 1. The number of ether oxygens (including phenoxy) is 1. The van der Waals surface area contributed by atoms with Gasteiger partial charge in [0.1, 0.15) is 5.75 Å². The van der Waals surface area contributed by atoms with Crippen molar-refractivity contribution >= 4 is 11.6 Å². The number of benzene rings is 1. The van der Waals surface area contributed by atoms with Crippen LogP contribution >= 0.6 is 0 Å². The van der Waals surface area contributed by atoms with E-state index < -0.39 is 5.41 Å². The van der Waals surface area contributed by atoms with Crippen molar-refractivity contribution in [2.75, 3.05) is 18.5 Å². The van der Waals surface area contributed by atoms with Crippen LogP contribution in [-0.2, 0) is 16.1 Å². The first-order chi connectivity index (χ1) is 10.1. The summed E-state index contributed by atoms with van der Waals surface area (Å²) in [6, 6.07) is 4.71. The number of hydrogen-bond donors (Lipinski definition) is 3. The Labute approximate surface area is 124 Å². The number of rotatable bonds is 5. The number of anilines is 1. The summed E-state index contributed by atoms with van der Waals surface area (Å²) in [6.45, 7) is 4.68. The molecule has 5 nitrogen and oxygen atoms in total. The highest BCUT2D eigenvalue weighted by Gasteiger charge is 2.39. The third kappa shape index (κ3) is 3.43. The van der Waals surface area contributed by atoms with Crippen molar-refractivity contribution in [3.8, 4) is 5.75 Å². The molecule has 0 aromatic heterocycles. The molecule has 0 aliphatic carbocycles. The van der Waals surface area contributed by atoms with Gasteiger partial charge in [-0.15, -0.1) is 6.58 Å². The van der Waals surface area contributed by atoms with Crippen LogP contribution in [0.5, 0.6) is 5.75 Å². The molecule has 0 unspecified atom stereocenters. The van der Waals surface area contributed by atoms with Gasteiger partial charge in [0.05, 0.1) is 17.7 Å². The molecule has 1 aliphatic heterocycles. The predicted octanol–water partition coefficient (Wildman–Crippen LogP) is 2.20. The van der Waals surface area contributed by atoms with Crippen LogP contribution in [-0.4, -0.2) is 29.3 Å². The van der Waals surface area contributed by atoms with Gasteiger partial charge in [-0.1, -0.05) is 12.1 Å². The summed E-state index contributed by atoms with van der Waals surface area (Å²) in [7, 11) is 0. The fourth-order valence-electron chi connectivity index (χ4n) is 2.60. The van der Waals surface area contributed by atoms with E-state index in [-0.39, 0.29) is 18.3 Å². The van der Waals surface area contributed by atoms with Crippen molar-refractivity contribution in [1.82, 2.24) is 0 Å². The molecule has 0 atom stereocenters. The van der Waals surface area contributed by atoms with E-state index in [4.69, 9.17) is 9.84 Å². The maximum atomic E-state index is 12.6. The molecule has 1 aromatic carbocycles. The van der Waals surface area contributed by atoms with E-state index in [0.717, 1.165) is 0 Å². The first kappa shape index (κ1) is 15.5. The molecule has 1 heterocycles. The van der Waals surface area contributed by atoms with Crippen molar-refractivity contribution in [1.29, 1.82) is 0 Å². The molecule has 21 heavy (non-hydrogen) atoms. The van der Waals surface area contributed by atoms with E-state index in [1.165, 1.54) is 6.07 Å². The molecule has 0 saturated carbocycles. The second kappa shape index (κ2) is 6.74. The van der Waals surface area contributed by atoms with Crippen LogP contribution in [0, 0.1) is 5.41 Å². The molecule has 2 rings (SSSR count). The number of aliphatic hydroxyl groups is 1. The second-order valence-corrected chi connectivity index (χ2v) is 5.35. The maximum absolute atomic E-state index is 12.6. The Bertz CT molecular complexity index is 521. The van der Waals surface area contributed by atoms with E-state index in [1.54, 1.807) is 18.2 Å². The maximum Gasteiger partial charge on any atom is 0.231 e. The van der Waals surface area contributed by atoms with Gasteiger partial charge in [0.15, 0.2) is 0 Å². The van der Waals surface area contributed by atoms with E-state index in [0.29, 0.717) is 43.7 Å².